The minimum absolute atomic E-state index is 0.852. The average Bonchev–Trinajstić information content (AvgIpc) is 2.23. The van der Waals surface area contributed by atoms with Gasteiger partial charge in [-0.05, 0) is 38.4 Å². The summed E-state index contributed by atoms with van der Waals surface area (Å²) in [5, 5.41) is 3.37. The van der Waals surface area contributed by atoms with Crippen molar-refractivity contribution in [3.05, 3.63) is 29.6 Å². The molecule has 1 rings (SSSR count). The van der Waals surface area contributed by atoms with Gasteiger partial charge < -0.3 is 10.1 Å². The van der Waals surface area contributed by atoms with Gasteiger partial charge in [0.15, 0.2) is 0 Å². The average molecular weight is 208 g/mol. The molecule has 3 heteroatoms. The summed E-state index contributed by atoms with van der Waals surface area (Å²) in [4.78, 5) is 4.42. The Morgan fingerprint density at radius 2 is 2.20 bits per heavy atom. The summed E-state index contributed by atoms with van der Waals surface area (Å²) in [6.07, 6.45) is 2.27. The molecule has 0 aliphatic rings. The highest BCUT2D eigenvalue weighted by Gasteiger charge is 1.94. The second-order valence-corrected chi connectivity index (χ2v) is 3.65. The fraction of sp³-hybridized carbons (Fsp3) is 0.583. The number of unbranched alkanes of at least 4 members (excludes halogenated alkanes) is 1. The molecule has 1 N–H and O–H groups in total. The van der Waals surface area contributed by atoms with Gasteiger partial charge in [-0.2, -0.15) is 0 Å². The van der Waals surface area contributed by atoms with Gasteiger partial charge in [-0.15, -0.1) is 0 Å². The number of nitrogens with zero attached hydrogens (tertiary/aromatic N) is 1. The second kappa shape index (κ2) is 7.37. The smallest absolute Gasteiger partial charge is 0.0544 e. The van der Waals surface area contributed by atoms with E-state index in [1.54, 1.807) is 7.11 Å². The van der Waals surface area contributed by atoms with E-state index in [1.807, 2.05) is 19.1 Å². The quantitative estimate of drug-likeness (QED) is 0.695. The zero-order valence-corrected chi connectivity index (χ0v) is 9.62. The monoisotopic (exact) mass is 208 g/mol. The number of rotatable bonds is 7. The molecule has 0 unspecified atom stereocenters. The summed E-state index contributed by atoms with van der Waals surface area (Å²) in [7, 11) is 1.74. The zero-order chi connectivity index (χ0) is 10.9. The van der Waals surface area contributed by atoms with E-state index < -0.39 is 0 Å². The fourth-order valence-corrected chi connectivity index (χ4v) is 1.41. The van der Waals surface area contributed by atoms with Crippen LogP contribution in [0.15, 0.2) is 18.2 Å². The number of hydrogen-bond acceptors (Lipinski definition) is 3. The fourth-order valence-electron chi connectivity index (χ4n) is 1.41. The Hall–Kier alpha value is -0.930. The minimum Gasteiger partial charge on any atom is -0.385 e. The number of nitrogens with one attached hydrogen (secondary N) is 1. The highest BCUT2D eigenvalue weighted by atomic mass is 16.5. The van der Waals surface area contributed by atoms with E-state index in [0.717, 1.165) is 43.9 Å². The lowest BCUT2D eigenvalue weighted by atomic mass is 10.3. The van der Waals surface area contributed by atoms with Gasteiger partial charge in [0.05, 0.1) is 5.69 Å². The maximum atomic E-state index is 4.98. The molecular weight excluding hydrogens is 188 g/mol. The molecule has 0 fully saturated rings. The second-order valence-electron chi connectivity index (χ2n) is 3.65. The number of aromatic nitrogens is 1. The molecule has 0 spiro atoms. The van der Waals surface area contributed by atoms with Crippen LogP contribution in [0.1, 0.15) is 24.2 Å². The highest BCUT2D eigenvalue weighted by Crippen LogP contribution is 1.97. The Morgan fingerprint density at radius 1 is 1.33 bits per heavy atom. The Bertz CT molecular complexity index is 276. The van der Waals surface area contributed by atoms with Crippen molar-refractivity contribution >= 4 is 0 Å². The molecule has 0 amide bonds. The molecule has 0 atom stereocenters. The van der Waals surface area contributed by atoms with Crippen molar-refractivity contribution < 1.29 is 4.74 Å². The van der Waals surface area contributed by atoms with Crippen molar-refractivity contribution in [2.45, 2.75) is 26.3 Å². The summed E-state index contributed by atoms with van der Waals surface area (Å²) in [6, 6.07) is 6.11. The molecular formula is C12H20N2O. The SMILES string of the molecule is COCCCCNCc1cccc(C)n1. The van der Waals surface area contributed by atoms with E-state index >= 15 is 0 Å². The normalized spacial score (nSPS) is 10.5. The van der Waals surface area contributed by atoms with Gasteiger partial charge in [0.2, 0.25) is 0 Å². The number of methoxy groups -OCH3 is 1. The molecule has 15 heavy (non-hydrogen) atoms. The van der Waals surface area contributed by atoms with Crippen LogP contribution in [0.25, 0.3) is 0 Å². The summed E-state index contributed by atoms with van der Waals surface area (Å²) in [5.74, 6) is 0. The van der Waals surface area contributed by atoms with Crippen LogP contribution in [0, 0.1) is 6.92 Å². The van der Waals surface area contributed by atoms with Crippen LogP contribution in [-0.4, -0.2) is 25.2 Å². The van der Waals surface area contributed by atoms with Crippen molar-refractivity contribution in [2.24, 2.45) is 0 Å². The molecule has 0 radical (unpaired) electrons. The van der Waals surface area contributed by atoms with Crippen LogP contribution in [0.3, 0.4) is 0 Å². The first-order valence-electron chi connectivity index (χ1n) is 5.45. The maximum Gasteiger partial charge on any atom is 0.0544 e. The Balaban J connectivity index is 2.10. The first-order valence-corrected chi connectivity index (χ1v) is 5.45. The molecule has 0 bridgehead atoms. The van der Waals surface area contributed by atoms with Gasteiger partial charge in [0, 0.05) is 26.0 Å². The standard InChI is InChI=1S/C12H20N2O/c1-11-6-5-7-12(14-11)10-13-8-3-4-9-15-2/h5-7,13H,3-4,8-10H2,1-2H3. The predicted molar refractivity (Wildman–Crippen MR) is 61.8 cm³/mol. The number of aryl methyl sites for hydroxylation is 1. The van der Waals surface area contributed by atoms with E-state index in [2.05, 4.69) is 16.4 Å². The number of ether oxygens (including phenoxy) is 1. The molecule has 0 saturated heterocycles. The third kappa shape index (κ3) is 5.50. The van der Waals surface area contributed by atoms with Gasteiger partial charge in [0.25, 0.3) is 0 Å². The Kier molecular flexibility index (Phi) is 5.97. The van der Waals surface area contributed by atoms with Crippen molar-refractivity contribution in [3.8, 4) is 0 Å². The van der Waals surface area contributed by atoms with Gasteiger partial charge >= 0.3 is 0 Å². The van der Waals surface area contributed by atoms with E-state index in [9.17, 15) is 0 Å². The van der Waals surface area contributed by atoms with Gasteiger partial charge in [-0.1, -0.05) is 6.07 Å². The largest absolute Gasteiger partial charge is 0.385 e. The molecule has 1 aromatic rings. The lowest BCUT2D eigenvalue weighted by Gasteiger charge is -2.04. The first-order chi connectivity index (χ1) is 7.33. The van der Waals surface area contributed by atoms with Crippen LogP contribution in [-0.2, 0) is 11.3 Å². The van der Waals surface area contributed by atoms with Crippen molar-refractivity contribution in [3.63, 3.8) is 0 Å². The lowest BCUT2D eigenvalue weighted by molar-refractivity contribution is 0.192. The van der Waals surface area contributed by atoms with Crippen molar-refractivity contribution in [1.29, 1.82) is 0 Å². The molecule has 0 aliphatic heterocycles. The van der Waals surface area contributed by atoms with E-state index in [0.29, 0.717) is 0 Å². The molecule has 0 aliphatic carbocycles. The van der Waals surface area contributed by atoms with Crippen molar-refractivity contribution in [1.82, 2.24) is 10.3 Å². The molecule has 84 valence electrons. The Labute approximate surface area is 91.9 Å². The number of hydrogen-bond donors (Lipinski definition) is 1. The summed E-state index contributed by atoms with van der Waals surface area (Å²) >= 11 is 0. The molecule has 0 aromatic carbocycles. The van der Waals surface area contributed by atoms with E-state index in [-0.39, 0.29) is 0 Å². The molecule has 1 heterocycles. The van der Waals surface area contributed by atoms with E-state index in [4.69, 9.17) is 4.74 Å². The van der Waals surface area contributed by atoms with Crippen molar-refractivity contribution in [2.75, 3.05) is 20.3 Å². The lowest BCUT2D eigenvalue weighted by Crippen LogP contribution is -2.16. The third-order valence-corrected chi connectivity index (χ3v) is 2.20. The predicted octanol–water partition coefficient (Wildman–Crippen LogP) is 1.91. The summed E-state index contributed by atoms with van der Waals surface area (Å²) in [6.45, 7) is 4.75. The topological polar surface area (TPSA) is 34.1 Å². The van der Waals surface area contributed by atoms with Crippen LogP contribution in [0.2, 0.25) is 0 Å². The zero-order valence-electron chi connectivity index (χ0n) is 9.62. The van der Waals surface area contributed by atoms with Crippen LogP contribution in [0.5, 0.6) is 0 Å². The highest BCUT2D eigenvalue weighted by molar-refractivity contribution is 5.09. The van der Waals surface area contributed by atoms with Crippen LogP contribution < -0.4 is 5.32 Å². The summed E-state index contributed by atoms with van der Waals surface area (Å²) in [5.41, 5.74) is 2.19. The third-order valence-electron chi connectivity index (χ3n) is 2.20. The molecule has 1 aromatic heterocycles. The maximum absolute atomic E-state index is 4.98. The Morgan fingerprint density at radius 3 is 2.93 bits per heavy atom. The minimum atomic E-state index is 0.852. The summed E-state index contributed by atoms with van der Waals surface area (Å²) < 4.78 is 4.98. The van der Waals surface area contributed by atoms with Crippen LogP contribution >= 0.6 is 0 Å². The van der Waals surface area contributed by atoms with Gasteiger partial charge in [0.1, 0.15) is 0 Å². The van der Waals surface area contributed by atoms with E-state index in [1.165, 1.54) is 0 Å². The van der Waals surface area contributed by atoms with Crippen LogP contribution in [0.4, 0.5) is 0 Å². The number of pyridine rings is 1. The van der Waals surface area contributed by atoms with Gasteiger partial charge in [-0.3, -0.25) is 4.98 Å². The molecule has 3 nitrogen and oxygen atoms in total. The van der Waals surface area contributed by atoms with Gasteiger partial charge in [-0.25, -0.2) is 0 Å². The first kappa shape index (κ1) is 12.1. The molecule has 0 saturated carbocycles.